The van der Waals surface area contributed by atoms with Gasteiger partial charge in [-0.3, -0.25) is 4.79 Å². The van der Waals surface area contributed by atoms with Gasteiger partial charge in [-0.2, -0.15) is 0 Å². The summed E-state index contributed by atoms with van der Waals surface area (Å²) in [6, 6.07) is 10.5. The molecule has 0 spiro atoms. The number of aryl methyl sites for hydroxylation is 2. The van der Waals surface area contributed by atoms with Crippen molar-refractivity contribution in [1.82, 2.24) is 14.9 Å². The molecule has 28 heavy (non-hydrogen) atoms. The summed E-state index contributed by atoms with van der Waals surface area (Å²) in [5.41, 5.74) is 3.64. The largest absolute Gasteiger partial charge is 0.353 e. The number of hydrogen-bond acceptors (Lipinski definition) is 4. The molecule has 0 bridgehead atoms. The number of hydrogen-bond donors (Lipinski definition) is 0. The van der Waals surface area contributed by atoms with Crippen molar-refractivity contribution in [3.63, 3.8) is 0 Å². The summed E-state index contributed by atoms with van der Waals surface area (Å²) in [7, 11) is 0. The Morgan fingerprint density at radius 2 is 1.75 bits per heavy atom. The lowest BCUT2D eigenvalue weighted by molar-refractivity contribution is -0.131. The Morgan fingerprint density at radius 3 is 2.39 bits per heavy atom. The van der Waals surface area contributed by atoms with Crippen molar-refractivity contribution in [3.05, 3.63) is 53.0 Å². The Kier molecular flexibility index (Phi) is 7.01. The molecule has 1 saturated heterocycles. The fourth-order valence-corrected chi connectivity index (χ4v) is 3.83. The number of amides is 1. The predicted octanol–water partition coefficient (Wildman–Crippen LogP) is 3.78. The molecule has 0 aliphatic carbocycles. The molecule has 3 rings (SSSR count). The summed E-state index contributed by atoms with van der Waals surface area (Å²) >= 11 is 0. The molecule has 0 saturated carbocycles. The number of benzene rings is 1. The summed E-state index contributed by atoms with van der Waals surface area (Å²) in [5.74, 6) is 2.16. The first kappa shape index (κ1) is 20.3. The summed E-state index contributed by atoms with van der Waals surface area (Å²) in [4.78, 5) is 26.2. The molecule has 150 valence electrons. The number of anilines is 1. The summed E-state index contributed by atoms with van der Waals surface area (Å²) in [6.07, 6.45) is 4.45. The van der Waals surface area contributed by atoms with Crippen LogP contribution in [0.4, 0.5) is 5.82 Å². The molecule has 1 amide bonds. The van der Waals surface area contributed by atoms with Crippen molar-refractivity contribution in [2.45, 2.75) is 52.9 Å². The second kappa shape index (κ2) is 9.67. The Bertz CT molecular complexity index is 783. The van der Waals surface area contributed by atoms with E-state index in [4.69, 9.17) is 9.97 Å². The lowest BCUT2D eigenvalue weighted by Crippen LogP contribution is -2.49. The number of piperazine rings is 1. The molecule has 0 unspecified atom stereocenters. The molecule has 5 nitrogen and oxygen atoms in total. The van der Waals surface area contributed by atoms with E-state index in [9.17, 15) is 4.79 Å². The van der Waals surface area contributed by atoms with E-state index >= 15 is 0 Å². The van der Waals surface area contributed by atoms with E-state index in [-0.39, 0.29) is 0 Å². The molecule has 1 aromatic heterocycles. The fraction of sp³-hybridized carbons (Fsp3) is 0.522. The van der Waals surface area contributed by atoms with E-state index in [1.807, 2.05) is 17.9 Å². The summed E-state index contributed by atoms with van der Waals surface area (Å²) < 4.78 is 0. The van der Waals surface area contributed by atoms with Gasteiger partial charge in [-0.15, -0.1) is 0 Å². The minimum Gasteiger partial charge on any atom is -0.353 e. The van der Waals surface area contributed by atoms with Crippen molar-refractivity contribution in [3.8, 4) is 0 Å². The maximum Gasteiger partial charge on any atom is 0.222 e. The highest BCUT2D eigenvalue weighted by Crippen LogP contribution is 2.26. The quantitative estimate of drug-likeness (QED) is 0.733. The monoisotopic (exact) mass is 380 g/mol. The van der Waals surface area contributed by atoms with E-state index in [1.165, 1.54) is 11.1 Å². The lowest BCUT2D eigenvalue weighted by Gasteiger charge is -2.36. The van der Waals surface area contributed by atoms with E-state index < -0.39 is 0 Å². The van der Waals surface area contributed by atoms with Gasteiger partial charge in [0.05, 0.1) is 0 Å². The summed E-state index contributed by atoms with van der Waals surface area (Å²) in [6.45, 7) is 9.47. The van der Waals surface area contributed by atoms with Gasteiger partial charge in [0.2, 0.25) is 5.91 Å². The van der Waals surface area contributed by atoms with E-state index in [0.717, 1.165) is 69.2 Å². The molecule has 1 aliphatic rings. The zero-order valence-electron chi connectivity index (χ0n) is 17.4. The zero-order valence-corrected chi connectivity index (χ0v) is 17.4. The van der Waals surface area contributed by atoms with Crippen molar-refractivity contribution in [1.29, 1.82) is 0 Å². The lowest BCUT2D eigenvalue weighted by atomic mass is 10.0. The first-order chi connectivity index (χ1) is 13.6. The van der Waals surface area contributed by atoms with Crippen LogP contribution in [0.3, 0.4) is 0 Å². The highest BCUT2D eigenvalue weighted by Gasteiger charge is 2.24. The topological polar surface area (TPSA) is 49.3 Å². The SMILES string of the molecule is CCCCC(=O)N1CCN(c2nc(C)nc(CC)c2Cc2ccccc2)CC1. The highest BCUT2D eigenvalue weighted by molar-refractivity contribution is 5.76. The fourth-order valence-electron chi connectivity index (χ4n) is 3.83. The van der Waals surface area contributed by atoms with Crippen molar-refractivity contribution in [2.24, 2.45) is 0 Å². The van der Waals surface area contributed by atoms with Gasteiger partial charge in [0.25, 0.3) is 0 Å². The third-order valence-electron chi connectivity index (χ3n) is 5.42. The number of nitrogens with zero attached hydrogens (tertiary/aromatic N) is 4. The normalized spacial score (nSPS) is 14.4. The highest BCUT2D eigenvalue weighted by atomic mass is 16.2. The van der Waals surface area contributed by atoms with Gasteiger partial charge in [-0.1, -0.05) is 50.6 Å². The van der Waals surface area contributed by atoms with E-state index in [0.29, 0.717) is 12.3 Å². The molecule has 0 atom stereocenters. The van der Waals surface area contributed by atoms with E-state index in [2.05, 4.69) is 43.0 Å². The minimum absolute atomic E-state index is 0.291. The van der Waals surface area contributed by atoms with Gasteiger partial charge >= 0.3 is 0 Å². The molecule has 2 aromatic rings. The van der Waals surface area contributed by atoms with Crippen LogP contribution in [0.2, 0.25) is 0 Å². The van der Waals surface area contributed by atoms with Crippen molar-refractivity contribution in [2.75, 3.05) is 31.1 Å². The molecule has 2 heterocycles. The Balaban J connectivity index is 1.80. The molecule has 0 radical (unpaired) electrons. The number of carbonyl (C=O) groups is 1. The van der Waals surface area contributed by atoms with Gasteiger partial charge in [0.1, 0.15) is 11.6 Å². The standard InChI is InChI=1S/C23H32N4O/c1-4-6-12-22(28)26-13-15-27(16-14-26)23-20(17-19-10-8-7-9-11-19)21(5-2)24-18(3)25-23/h7-11H,4-6,12-17H2,1-3H3. The van der Waals surface area contributed by atoms with Gasteiger partial charge in [-0.25, -0.2) is 9.97 Å². The van der Waals surface area contributed by atoms with Crippen LogP contribution in [0.25, 0.3) is 0 Å². The molecule has 0 N–H and O–H groups in total. The second-order valence-electron chi connectivity index (χ2n) is 7.51. The van der Waals surface area contributed by atoms with Crippen LogP contribution < -0.4 is 4.90 Å². The summed E-state index contributed by atoms with van der Waals surface area (Å²) in [5, 5.41) is 0. The van der Waals surface area contributed by atoms with Crippen molar-refractivity contribution < 1.29 is 4.79 Å². The Morgan fingerprint density at radius 1 is 1.04 bits per heavy atom. The van der Waals surface area contributed by atoms with Crippen LogP contribution >= 0.6 is 0 Å². The molecular weight excluding hydrogens is 348 g/mol. The van der Waals surface area contributed by atoms with Gasteiger partial charge in [0, 0.05) is 50.3 Å². The van der Waals surface area contributed by atoms with Crippen LogP contribution in [-0.4, -0.2) is 47.0 Å². The van der Waals surface area contributed by atoms with Gasteiger partial charge in [0.15, 0.2) is 0 Å². The smallest absolute Gasteiger partial charge is 0.222 e. The maximum atomic E-state index is 12.3. The van der Waals surface area contributed by atoms with E-state index in [1.54, 1.807) is 0 Å². The number of rotatable bonds is 7. The molecule has 5 heteroatoms. The predicted molar refractivity (Wildman–Crippen MR) is 114 cm³/mol. The molecule has 1 aromatic carbocycles. The molecule has 1 fully saturated rings. The van der Waals surface area contributed by atoms with Gasteiger partial charge < -0.3 is 9.80 Å². The molecule has 1 aliphatic heterocycles. The average molecular weight is 381 g/mol. The van der Waals surface area contributed by atoms with Crippen LogP contribution in [0.5, 0.6) is 0 Å². The van der Waals surface area contributed by atoms with Crippen LogP contribution in [0.15, 0.2) is 30.3 Å². The van der Waals surface area contributed by atoms with Crippen LogP contribution in [0.1, 0.15) is 55.8 Å². The average Bonchev–Trinajstić information content (AvgIpc) is 2.73. The first-order valence-corrected chi connectivity index (χ1v) is 10.5. The zero-order chi connectivity index (χ0) is 19.9. The Hall–Kier alpha value is -2.43. The Labute approximate surface area is 168 Å². The number of carbonyl (C=O) groups excluding carboxylic acids is 1. The third-order valence-corrected chi connectivity index (χ3v) is 5.42. The van der Waals surface area contributed by atoms with Crippen LogP contribution in [0, 0.1) is 6.92 Å². The number of unbranched alkanes of at least 4 members (excludes halogenated alkanes) is 1. The first-order valence-electron chi connectivity index (χ1n) is 10.5. The minimum atomic E-state index is 0.291. The second-order valence-corrected chi connectivity index (χ2v) is 7.51. The van der Waals surface area contributed by atoms with Crippen molar-refractivity contribution >= 4 is 11.7 Å². The number of aromatic nitrogens is 2. The maximum absolute atomic E-state index is 12.3. The van der Waals surface area contributed by atoms with Gasteiger partial charge in [-0.05, 0) is 25.3 Å². The molecular formula is C23H32N4O. The van der Waals surface area contributed by atoms with Crippen LogP contribution in [-0.2, 0) is 17.6 Å². The third kappa shape index (κ3) is 4.89.